The molecule has 8 heteroatoms. The first-order valence-electron chi connectivity index (χ1n) is 26.9. The van der Waals surface area contributed by atoms with E-state index in [4.69, 9.17) is 9.47 Å². The largest absolute Gasteiger partial charge is 1.00 e. The average molecular weight is 1120 g/mol. The highest BCUT2D eigenvalue weighted by molar-refractivity contribution is 5.84. The number of piperidine rings is 6. The van der Waals surface area contributed by atoms with Gasteiger partial charge in [0.1, 0.15) is 22.7 Å². The van der Waals surface area contributed by atoms with Crippen LogP contribution in [0.15, 0.2) is 206 Å². The van der Waals surface area contributed by atoms with Crippen LogP contribution in [0, 0.1) is 10.8 Å². The van der Waals surface area contributed by atoms with Crippen LogP contribution in [0.25, 0.3) is 21.5 Å². The Morgan fingerprint density at radius 3 is 0.919 bits per heavy atom. The highest BCUT2D eigenvalue weighted by Gasteiger charge is 2.61. The Morgan fingerprint density at radius 1 is 0.351 bits per heavy atom. The predicted octanol–water partition coefficient (Wildman–Crippen LogP) is 7.10. The zero-order valence-electron chi connectivity index (χ0n) is 42.7. The molecular formula is C66H72Br2N2O4. The van der Waals surface area contributed by atoms with Crippen LogP contribution in [0.5, 0.6) is 11.5 Å². The molecule has 4 bridgehead atoms. The van der Waals surface area contributed by atoms with Crippen molar-refractivity contribution >= 4 is 21.5 Å². The van der Waals surface area contributed by atoms with E-state index in [1.54, 1.807) is 0 Å². The van der Waals surface area contributed by atoms with Crippen LogP contribution in [0.1, 0.15) is 73.6 Å². The molecule has 0 unspecified atom stereocenters. The summed E-state index contributed by atoms with van der Waals surface area (Å²) in [6, 6.07) is 71.1. The van der Waals surface area contributed by atoms with Crippen molar-refractivity contribution in [2.24, 2.45) is 10.8 Å². The van der Waals surface area contributed by atoms with Gasteiger partial charge in [0.25, 0.3) is 0 Å². The number of rotatable bonds is 16. The number of quaternary nitrogens is 2. The zero-order valence-corrected chi connectivity index (χ0v) is 45.9. The first kappa shape index (κ1) is 53.5. The van der Waals surface area contributed by atoms with E-state index in [0.29, 0.717) is 0 Å². The molecule has 0 atom stereocenters. The van der Waals surface area contributed by atoms with E-state index in [-0.39, 0.29) is 44.8 Å². The molecule has 74 heavy (non-hydrogen) atoms. The van der Waals surface area contributed by atoms with Crippen LogP contribution in [0.2, 0.25) is 0 Å². The molecule has 2 N–H and O–H groups in total. The molecule has 6 saturated heterocycles. The molecule has 8 aromatic carbocycles. The zero-order chi connectivity index (χ0) is 49.0. The molecule has 0 aromatic heterocycles. The van der Waals surface area contributed by atoms with Crippen molar-refractivity contribution in [3.8, 4) is 11.5 Å². The fourth-order valence-corrected chi connectivity index (χ4v) is 13.9. The summed E-state index contributed by atoms with van der Waals surface area (Å²) in [6.45, 7) is 10.6. The number of benzene rings is 8. The third-order valence-electron chi connectivity index (χ3n) is 18.2. The highest BCUT2D eigenvalue weighted by atomic mass is 79.9. The molecule has 0 saturated carbocycles. The van der Waals surface area contributed by atoms with Crippen LogP contribution in [-0.2, 0) is 11.2 Å². The second-order valence-electron chi connectivity index (χ2n) is 21.8. The predicted molar refractivity (Wildman–Crippen MR) is 292 cm³/mol. The lowest BCUT2D eigenvalue weighted by atomic mass is 9.56. The summed E-state index contributed by atoms with van der Waals surface area (Å²) in [4.78, 5) is 0. The average Bonchev–Trinajstić information content (AvgIpc) is 3.47. The lowest BCUT2D eigenvalue weighted by molar-refractivity contribution is -0.946. The van der Waals surface area contributed by atoms with E-state index in [9.17, 15) is 10.2 Å². The molecule has 14 rings (SSSR count). The molecule has 0 amide bonds. The Bertz CT molecular complexity index is 2730. The van der Waals surface area contributed by atoms with Gasteiger partial charge in [-0.1, -0.05) is 182 Å². The minimum absolute atomic E-state index is 0. The topological polar surface area (TPSA) is 58.9 Å². The van der Waals surface area contributed by atoms with Crippen molar-refractivity contribution in [3.63, 3.8) is 0 Å². The Hall–Kier alpha value is -5.32. The first-order valence-corrected chi connectivity index (χ1v) is 26.9. The maximum atomic E-state index is 12.5. The molecule has 6 heterocycles. The summed E-state index contributed by atoms with van der Waals surface area (Å²) in [6.07, 6.45) is 8.44. The summed E-state index contributed by atoms with van der Waals surface area (Å²) < 4.78 is 14.6. The van der Waals surface area contributed by atoms with Gasteiger partial charge in [-0.05, 0) is 68.1 Å². The van der Waals surface area contributed by atoms with Crippen LogP contribution < -0.4 is 43.4 Å². The van der Waals surface area contributed by atoms with E-state index < -0.39 is 11.2 Å². The molecule has 8 aromatic rings. The lowest BCUT2D eigenvalue weighted by Crippen LogP contribution is -3.00. The Labute approximate surface area is 460 Å². The van der Waals surface area contributed by atoms with Crippen molar-refractivity contribution < 1.29 is 62.6 Å². The number of hydrogen-bond acceptors (Lipinski definition) is 4. The van der Waals surface area contributed by atoms with Crippen LogP contribution in [0.3, 0.4) is 0 Å². The Balaban J connectivity index is 0.000000177. The lowest BCUT2D eigenvalue weighted by Gasteiger charge is -2.60. The first-order chi connectivity index (χ1) is 35.3. The highest BCUT2D eigenvalue weighted by Crippen LogP contribution is 2.59. The Morgan fingerprint density at radius 2 is 0.622 bits per heavy atom. The third-order valence-corrected chi connectivity index (χ3v) is 18.2. The fraction of sp³-hybridized carbons (Fsp3) is 0.333. The van der Waals surface area contributed by atoms with Gasteiger partial charge in [-0.2, -0.15) is 0 Å². The van der Waals surface area contributed by atoms with E-state index in [2.05, 4.69) is 182 Å². The summed E-state index contributed by atoms with van der Waals surface area (Å²) in [7, 11) is 0. The number of nitrogens with zero attached hydrogens (tertiary/aromatic N) is 2. The molecule has 6 aliphatic heterocycles. The molecule has 0 radical (unpaired) electrons. The summed E-state index contributed by atoms with van der Waals surface area (Å²) in [5, 5.41) is 30.0. The molecule has 0 spiro atoms. The number of ether oxygens (including phenoxy) is 2. The Kier molecular flexibility index (Phi) is 16.5. The SMILES string of the molecule is OC(c1ccccc1)(c1ccccc1)C12CC[N+](CCCOc3ccc4ccccc4c3)(CC1)CC2.OC(c1ccccc1)(c1ccccc1)C12CC[N+](CCCOc3ccc4ccccc4c3)(CC1)CC2.[Br-].[Br-]. The van der Waals surface area contributed by atoms with Crippen molar-refractivity contribution in [3.05, 3.63) is 229 Å². The van der Waals surface area contributed by atoms with Gasteiger partial charge in [-0.3, -0.25) is 0 Å². The van der Waals surface area contributed by atoms with Gasteiger partial charge in [0, 0.05) is 62.2 Å². The fourth-order valence-electron chi connectivity index (χ4n) is 13.9. The molecule has 6 aliphatic rings. The number of halogens is 2. The second-order valence-corrected chi connectivity index (χ2v) is 21.8. The summed E-state index contributed by atoms with van der Waals surface area (Å²) in [5.41, 5.74) is 1.98. The summed E-state index contributed by atoms with van der Waals surface area (Å²) in [5.74, 6) is 1.92. The van der Waals surface area contributed by atoms with Crippen molar-refractivity contribution in [2.75, 3.05) is 65.6 Å². The standard InChI is InChI=1S/2C33H36NO2.2BrH/c2*35-33(29-12-3-1-4-13-29,30-14-5-2-6-15-30)32-18-22-34(23-19-32,24-20-32)21-9-25-36-31-17-16-27-10-7-8-11-28(27)26-31;;/h2*1-8,10-17,26,35H,9,18-25H2;2*1H/q2*+1;;/p-2. The summed E-state index contributed by atoms with van der Waals surface area (Å²) >= 11 is 0. The monoisotopic (exact) mass is 1110 g/mol. The van der Waals surface area contributed by atoms with E-state index in [1.165, 1.54) is 30.5 Å². The number of fused-ring (bicyclic) bond motifs is 8. The third kappa shape index (κ3) is 10.4. The van der Waals surface area contributed by atoms with Gasteiger partial charge in [0.05, 0.1) is 65.6 Å². The van der Waals surface area contributed by atoms with Gasteiger partial charge in [-0.15, -0.1) is 0 Å². The molecule has 0 aliphatic carbocycles. The maximum Gasteiger partial charge on any atom is 0.121 e. The van der Waals surface area contributed by atoms with Crippen LogP contribution in [-0.4, -0.2) is 84.8 Å². The molecule has 384 valence electrons. The van der Waals surface area contributed by atoms with Crippen molar-refractivity contribution in [1.29, 1.82) is 0 Å². The quantitative estimate of drug-likeness (QED) is 0.0802. The van der Waals surface area contributed by atoms with Gasteiger partial charge < -0.3 is 62.6 Å². The van der Waals surface area contributed by atoms with Gasteiger partial charge in [0.2, 0.25) is 0 Å². The van der Waals surface area contributed by atoms with Gasteiger partial charge in [0.15, 0.2) is 0 Å². The molecular weight excluding hydrogens is 1040 g/mol. The smallest absolute Gasteiger partial charge is 0.121 e. The normalized spacial score (nSPS) is 22.9. The van der Waals surface area contributed by atoms with Crippen molar-refractivity contribution in [2.45, 2.75) is 62.6 Å². The molecule has 6 fully saturated rings. The number of hydrogen-bond donors (Lipinski definition) is 2. The van der Waals surface area contributed by atoms with Gasteiger partial charge in [-0.25, -0.2) is 0 Å². The van der Waals surface area contributed by atoms with E-state index in [1.807, 2.05) is 24.3 Å². The van der Waals surface area contributed by atoms with Crippen LogP contribution in [0.4, 0.5) is 0 Å². The second kappa shape index (κ2) is 22.9. The van der Waals surface area contributed by atoms with E-state index in [0.717, 1.165) is 151 Å². The minimum atomic E-state index is -0.953. The van der Waals surface area contributed by atoms with Crippen molar-refractivity contribution in [1.82, 2.24) is 0 Å². The van der Waals surface area contributed by atoms with Crippen LogP contribution >= 0.6 is 0 Å². The minimum Gasteiger partial charge on any atom is -1.00 e. The number of aliphatic hydroxyl groups is 2. The maximum absolute atomic E-state index is 12.5. The van der Waals surface area contributed by atoms with E-state index >= 15 is 0 Å². The molecule has 6 nitrogen and oxygen atoms in total. The van der Waals surface area contributed by atoms with Gasteiger partial charge >= 0.3 is 0 Å².